The van der Waals surface area contributed by atoms with Gasteiger partial charge in [-0.2, -0.15) is 13.2 Å². The molecule has 0 bridgehead atoms. The number of carbonyl (C=O) groups excluding carboxylic acids is 3. The van der Waals surface area contributed by atoms with E-state index in [1.165, 1.54) is 48.7 Å². The second-order valence-electron chi connectivity index (χ2n) is 8.85. The molecule has 216 valence electrons. The van der Waals surface area contributed by atoms with E-state index in [4.69, 9.17) is 16.3 Å². The third-order valence-electron chi connectivity index (χ3n) is 5.83. The first-order valence-corrected chi connectivity index (χ1v) is 12.7. The first-order chi connectivity index (χ1) is 20.0. The SMILES string of the molecule is CC(C(=O)NNC(=O)c1cc(Oc2ccc(NC(=O)Nc3ccc(Cl)c(C(F)(F)F)c3)cc2)ccn1)c1ccccc1. The van der Waals surface area contributed by atoms with Gasteiger partial charge in [0.25, 0.3) is 5.91 Å². The summed E-state index contributed by atoms with van der Waals surface area (Å²) in [6.45, 7) is 1.71. The number of benzene rings is 3. The lowest BCUT2D eigenvalue weighted by Gasteiger charge is -2.13. The maximum Gasteiger partial charge on any atom is 0.417 e. The Bertz CT molecular complexity index is 1580. The average molecular weight is 598 g/mol. The van der Waals surface area contributed by atoms with Crippen molar-refractivity contribution in [2.45, 2.75) is 19.0 Å². The van der Waals surface area contributed by atoms with Crippen molar-refractivity contribution in [1.29, 1.82) is 0 Å². The molecule has 4 aromatic rings. The van der Waals surface area contributed by atoms with Gasteiger partial charge >= 0.3 is 12.2 Å². The molecule has 13 heteroatoms. The van der Waals surface area contributed by atoms with Crippen molar-refractivity contribution >= 4 is 40.8 Å². The molecule has 0 fully saturated rings. The van der Waals surface area contributed by atoms with Crippen LogP contribution in [0.15, 0.2) is 91.1 Å². The van der Waals surface area contributed by atoms with E-state index in [9.17, 15) is 27.6 Å². The number of halogens is 4. The molecule has 4 rings (SSSR count). The quantitative estimate of drug-likeness (QED) is 0.176. The van der Waals surface area contributed by atoms with Crippen molar-refractivity contribution in [3.05, 3.63) is 113 Å². The van der Waals surface area contributed by atoms with Crippen LogP contribution < -0.4 is 26.2 Å². The van der Waals surface area contributed by atoms with Crippen LogP contribution in [0.4, 0.5) is 29.3 Å². The Balaban J connectivity index is 1.30. The normalized spacial score (nSPS) is 11.6. The Hall–Kier alpha value is -5.10. The Morgan fingerprint density at radius 3 is 2.19 bits per heavy atom. The van der Waals surface area contributed by atoms with Gasteiger partial charge in [0.15, 0.2) is 0 Å². The van der Waals surface area contributed by atoms with E-state index < -0.39 is 40.5 Å². The number of alkyl halides is 3. The van der Waals surface area contributed by atoms with E-state index in [2.05, 4.69) is 26.5 Å². The summed E-state index contributed by atoms with van der Waals surface area (Å²) < 4.78 is 44.9. The minimum atomic E-state index is -4.67. The van der Waals surface area contributed by atoms with Crippen LogP contribution in [0.3, 0.4) is 0 Å². The number of carbonyl (C=O) groups is 3. The first kappa shape index (κ1) is 29.9. The number of nitrogens with zero attached hydrogens (tertiary/aromatic N) is 1. The fraction of sp³-hybridized carbons (Fsp3) is 0.103. The predicted octanol–water partition coefficient (Wildman–Crippen LogP) is 6.75. The van der Waals surface area contributed by atoms with Crippen LogP contribution in [-0.2, 0) is 11.0 Å². The molecule has 1 atom stereocenters. The number of nitrogens with one attached hydrogen (secondary N) is 4. The van der Waals surface area contributed by atoms with Crippen LogP contribution in [0.1, 0.15) is 34.5 Å². The molecular weight excluding hydrogens is 575 g/mol. The molecular formula is C29H23ClF3N5O4. The van der Waals surface area contributed by atoms with Crippen LogP contribution in [0.2, 0.25) is 5.02 Å². The molecule has 42 heavy (non-hydrogen) atoms. The van der Waals surface area contributed by atoms with Crippen LogP contribution >= 0.6 is 11.6 Å². The molecule has 1 unspecified atom stereocenters. The topological polar surface area (TPSA) is 121 Å². The van der Waals surface area contributed by atoms with Gasteiger partial charge in [0.05, 0.1) is 16.5 Å². The summed E-state index contributed by atoms with van der Waals surface area (Å²) in [5, 5.41) is 4.34. The van der Waals surface area contributed by atoms with E-state index in [1.807, 2.05) is 30.3 Å². The Morgan fingerprint density at radius 2 is 1.50 bits per heavy atom. The van der Waals surface area contributed by atoms with E-state index in [1.54, 1.807) is 6.92 Å². The second-order valence-corrected chi connectivity index (χ2v) is 9.26. The van der Waals surface area contributed by atoms with Crippen molar-refractivity contribution in [1.82, 2.24) is 15.8 Å². The summed E-state index contributed by atoms with van der Waals surface area (Å²) >= 11 is 5.60. The molecule has 1 heterocycles. The van der Waals surface area contributed by atoms with Gasteiger partial charge in [-0.1, -0.05) is 41.9 Å². The van der Waals surface area contributed by atoms with Gasteiger partial charge in [-0.15, -0.1) is 0 Å². The summed E-state index contributed by atoms with van der Waals surface area (Å²) in [6.07, 6.45) is -3.31. The minimum absolute atomic E-state index is 0.00833. The van der Waals surface area contributed by atoms with Crippen LogP contribution in [0.5, 0.6) is 11.5 Å². The number of hydrazine groups is 1. The van der Waals surface area contributed by atoms with Crippen molar-refractivity contribution in [2.24, 2.45) is 0 Å². The average Bonchev–Trinajstić information content (AvgIpc) is 2.97. The fourth-order valence-corrected chi connectivity index (χ4v) is 3.86. The lowest BCUT2D eigenvalue weighted by Crippen LogP contribution is -2.43. The smallest absolute Gasteiger partial charge is 0.417 e. The summed E-state index contributed by atoms with van der Waals surface area (Å²) in [5.74, 6) is -0.902. The Labute approximate surface area is 243 Å². The summed E-state index contributed by atoms with van der Waals surface area (Å²) in [6, 6.07) is 20.3. The van der Waals surface area contributed by atoms with Crippen molar-refractivity contribution < 1.29 is 32.3 Å². The third-order valence-corrected chi connectivity index (χ3v) is 6.16. The van der Waals surface area contributed by atoms with E-state index >= 15 is 0 Å². The number of anilines is 2. The highest BCUT2D eigenvalue weighted by molar-refractivity contribution is 6.31. The summed E-state index contributed by atoms with van der Waals surface area (Å²) in [7, 11) is 0. The summed E-state index contributed by atoms with van der Waals surface area (Å²) in [4.78, 5) is 41.2. The highest BCUT2D eigenvalue weighted by Gasteiger charge is 2.33. The van der Waals surface area contributed by atoms with Gasteiger partial charge in [0, 0.05) is 23.6 Å². The maximum absolute atomic E-state index is 13.0. The van der Waals surface area contributed by atoms with Crippen LogP contribution in [0, 0.1) is 0 Å². The first-order valence-electron chi connectivity index (χ1n) is 12.3. The van der Waals surface area contributed by atoms with E-state index in [0.29, 0.717) is 11.4 Å². The zero-order chi connectivity index (χ0) is 30.3. The molecule has 0 spiro atoms. The molecule has 4 N–H and O–H groups in total. The van der Waals surface area contributed by atoms with Crippen LogP contribution in [0.25, 0.3) is 0 Å². The number of amides is 4. The second kappa shape index (κ2) is 13.0. The zero-order valence-electron chi connectivity index (χ0n) is 21.8. The number of hydrogen-bond donors (Lipinski definition) is 4. The highest BCUT2D eigenvalue weighted by atomic mass is 35.5. The van der Waals surface area contributed by atoms with Crippen molar-refractivity contribution in [2.75, 3.05) is 10.6 Å². The molecule has 0 aliphatic rings. The molecule has 4 amide bonds. The van der Waals surface area contributed by atoms with E-state index in [0.717, 1.165) is 17.7 Å². The number of ether oxygens (including phenoxy) is 1. The standard InChI is InChI=1S/C29H23ClF3N5O4/c1-17(18-5-3-2-4-6-18)26(39)37-38-27(40)25-16-22(13-14-34-25)42-21-10-7-19(8-11-21)35-28(41)36-20-9-12-24(30)23(15-20)29(31,32)33/h2-17H,1H3,(H,37,39)(H,38,40)(H2,35,36,41). The van der Waals surface area contributed by atoms with E-state index in [-0.39, 0.29) is 17.1 Å². The van der Waals surface area contributed by atoms with Crippen molar-refractivity contribution in [3.8, 4) is 11.5 Å². The number of aromatic nitrogens is 1. The number of pyridine rings is 1. The largest absolute Gasteiger partial charge is 0.457 e. The molecule has 3 aromatic carbocycles. The van der Waals surface area contributed by atoms with Gasteiger partial charge in [-0.25, -0.2) is 4.79 Å². The number of hydrogen-bond acceptors (Lipinski definition) is 5. The Kier molecular flexibility index (Phi) is 9.28. The molecule has 0 saturated carbocycles. The highest BCUT2D eigenvalue weighted by Crippen LogP contribution is 2.36. The van der Waals surface area contributed by atoms with Crippen molar-refractivity contribution in [3.63, 3.8) is 0 Å². The zero-order valence-corrected chi connectivity index (χ0v) is 22.6. The fourth-order valence-electron chi connectivity index (χ4n) is 3.64. The van der Waals surface area contributed by atoms with Gasteiger partial charge < -0.3 is 15.4 Å². The number of urea groups is 1. The lowest BCUT2D eigenvalue weighted by atomic mass is 10.0. The van der Waals surface area contributed by atoms with Gasteiger partial charge in [0.2, 0.25) is 5.91 Å². The maximum atomic E-state index is 13.0. The minimum Gasteiger partial charge on any atom is -0.457 e. The van der Waals surface area contributed by atoms with Gasteiger partial charge in [-0.3, -0.25) is 25.4 Å². The lowest BCUT2D eigenvalue weighted by molar-refractivity contribution is -0.137. The monoisotopic (exact) mass is 597 g/mol. The molecule has 1 aromatic heterocycles. The molecule has 0 aliphatic carbocycles. The molecule has 0 radical (unpaired) electrons. The summed E-state index contributed by atoms with van der Waals surface area (Å²) in [5.41, 5.74) is 4.67. The Morgan fingerprint density at radius 1 is 0.833 bits per heavy atom. The molecule has 0 saturated heterocycles. The van der Waals surface area contributed by atoms with Gasteiger partial charge in [-0.05, 0) is 61.0 Å². The molecule has 9 nitrogen and oxygen atoms in total. The third kappa shape index (κ3) is 7.98. The molecule has 0 aliphatic heterocycles. The number of rotatable bonds is 7. The predicted molar refractivity (Wildman–Crippen MR) is 150 cm³/mol. The van der Waals surface area contributed by atoms with Crippen LogP contribution in [-0.4, -0.2) is 22.8 Å². The van der Waals surface area contributed by atoms with Gasteiger partial charge in [0.1, 0.15) is 17.2 Å².